The lowest BCUT2D eigenvalue weighted by Gasteiger charge is -2.35. The van der Waals surface area contributed by atoms with Crippen molar-refractivity contribution in [2.24, 2.45) is 0 Å². The molecule has 1 atom stereocenters. The molecule has 12 heteroatoms. The highest BCUT2D eigenvalue weighted by molar-refractivity contribution is 7.92. The van der Waals surface area contributed by atoms with Gasteiger partial charge in [-0.15, -0.1) is 0 Å². The van der Waals surface area contributed by atoms with Gasteiger partial charge in [0.1, 0.15) is 12.6 Å². The van der Waals surface area contributed by atoms with E-state index < -0.39 is 28.5 Å². The normalized spacial score (nSPS) is 14.0. The summed E-state index contributed by atoms with van der Waals surface area (Å²) >= 11 is 26.2. The molecule has 0 heterocycles. The lowest BCUT2D eigenvalue weighted by atomic mass is 10.0. The van der Waals surface area contributed by atoms with E-state index in [1.807, 2.05) is 37.3 Å². The third kappa shape index (κ3) is 8.47. The van der Waals surface area contributed by atoms with Crippen LogP contribution in [0.5, 0.6) is 0 Å². The Balaban J connectivity index is 1.62. The van der Waals surface area contributed by atoms with E-state index in [-0.39, 0.29) is 45.5 Å². The first kappa shape index (κ1) is 36.0. The first-order valence-corrected chi connectivity index (χ1v) is 18.5. The second-order valence-electron chi connectivity index (χ2n) is 11.8. The highest BCUT2D eigenvalue weighted by atomic mass is 35.5. The Morgan fingerprint density at radius 2 is 1.42 bits per heavy atom. The zero-order chi connectivity index (χ0) is 34.4. The second-order valence-corrected chi connectivity index (χ2v) is 15.3. The predicted molar refractivity (Wildman–Crippen MR) is 194 cm³/mol. The summed E-state index contributed by atoms with van der Waals surface area (Å²) in [4.78, 5) is 30.2. The number of anilines is 1. The number of hydrogen-bond donors (Lipinski definition) is 1. The Kier molecular flexibility index (Phi) is 12.0. The first-order valence-electron chi connectivity index (χ1n) is 15.6. The third-order valence-electron chi connectivity index (χ3n) is 8.45. The topological polar surface area (TPSA) is 86.8 Å². The molecule has 4 aromatic carbocycles. The Labute approximate surface area is 301 Å². The molecule has 0 bridgehead atoms. The van der Waals surface area contributed by atoms with E-state index in [0.29, 0.717) is 15.6 Å². The van der Waals surface area contributed by atoms with Gasteiger partial charge < -0.3 is 10.2 Å². The minimum atomic E-state index is -4.36. The maximum Gasteiger partial charge on any atom is 0.264 e. The third-order valence-corrected chi connectivity index (χ3v) is 11.7. The number of nitrogens with zero attached hydrogens (tertiary/aromatic N) is 2. The molecule has 0 saturated heterocycles. The number of benzene rings is 4. The molecular weight excluding hydrogens is 712 g/mol. The van der Waals surface area contributed by atoms with Crippen LogP contribution in [0.3, 0.4) is 0 Å². The zero-order valence-electron chi connectivity index (χ0n) is 26.2. The maximum atomic E-state index is 14.7. The van der Waals surface area contributed by atoms with E-state index in [1.165, 1.54) is 29.2 Å². The summed E-state index contributed by atoms with van der Waals surface area (Å²) in [6, 6.07) is 24.1. The van der Waals surface area contributed by atoms with Gasteiger partial charge in [0.05, 0.1) is 20.6 Å². The molecule has 7 nitrogen and oxygen atoms in total. The molecule has 0 spiro atoms. The Hall–Kier alpha value is -3.27. The average Bonchev–Trinajstić information content (AvgIpc) is 3.58. The smallest absolute Gasteiger partial charge is 0.264 e. The van der Waals surface area contributed by atoms with Gasteiger partial charge in [0.15, 0.2) is 0 Å². The number of aryl methyl sites for hydroxylation is 1. The van der Waals surface area contributed by atoms with Crippen LogP contribution >= 0.6 is 46.4 Å². The largest absolute Gasteiger partial charge is 0.352 e. The summed E-state index contributed by atoms with van der Waals surface area (Å²) in [6.07, 6.45) is 3.83. The second kappa shape index (κ2) is 16.0. The number of carbonyl (C=O) groups excluding carboxylic acids is 2. The van der Waals surface area contributed by atoms with Crippen LogP contribution in [0.1, 0.15) is 42.4 Å². The van der Waals surface area contributed by atoms with Crippen LogP contribution in [-0.2, 0) is 32.6 Å². The van der Waals surface area contributed by atoms with Crippen molar-refractivity contribution in [2.75, 3.05) is 10.8 Å². The number of rotatable bonds is 12. The number of halogens is 4. The van der Waals surface area contributed by atoms with Gasteiger partial charge in [-0.3, -0.25) is 13.9 Å². The van der Waals surface area contributed by atoms with Crippen LogP contribution in [-0.4, -0.2) is 43.8 Å². The van der Waals surface area contributed by atoms with Crippen molar-refractivity contribution in [3.8, 4) is 0 Å². The molecule has 1 aliphatic rings. The molecule has 1 saturated carbocycles. The first-order chi connectivity index (χ1) is 23.0. The van der Waals surface area contributed by atoms with Crippen LogP contribution in [0.4, 0.5) is 5.69 Å². The highest BCUT2D eigenvalue weighted by Crippen LogP contribution is 2.36. The van der Waals surface area contributed by atoms with E-state index in [9.17, 15) is 18.0 Å². The molecule has 1 aliphatic carbocycles. The zero-order valence-corrected chi connectivity index (χ0v) is 30.1. The van der Waals surface area contributed by atoms with Crippen LogP contribution in [0.2, 0.25) is 20.1 Å². The van der Waals surface area contributed by atoms with E-state index in [1.54, 1.807) is 36.4 Å². The fourth-order valence-corrected chi connectivity index (χ4v) is 8.20. The fourth-order valence-electron chi connectivity index (χ4n) is 5.81. The van der Waals surface area contributed by atoms with E-state index in [2.05, 4.69) is 5.32 Å². The van der Waals surface area contributed by atoms with Gasteiger partial charge >= 0.3 is 0 Å². The van der Waals surface area contributed by atoms with Crippen molar-refractivity contribution < 1.29 is 18.0 Å². The van der Waals surface area contributed by atoms with Crippen LogP contribution < -0.4 is 9.62 Å². The molecule has 252 valence electrons. The number of amides is 2. The molecule has 48 heavy (non-hydrogen) atoms. The fraction of sp³-hybridized carbons (Fsp3) is 0.278. The van der Waals surface area contributed by atoms with Crippen LogP contribution in [0.25, 0.3) is 0 Å². The summed E-state index contributed by atoms with van der Waals surface area (Å²) in [5, 5.41) is 3.82. The molecular formula is C36H35Cl4N3O4S. The van der Waals surface area contributed by atoms with Gasteiger partial charge in [0.25, 0.3) is 10.0 Å². The molecule has 2 amide bonds. The van der Waals surface area contributed by atoms with Crippen molar-refractivity contribution in [3.63, 3.8) is 0 Å². The maximum absolute atomic E-state index is 14.7. The van der Waals surface area contributed by atoms with Crippen LogP contribution in [0, 0.1) is 6.92 Å². The lowest BCUT2D eigenvalue weighted by molar-refractivity contribution is -0.140. The standard InChI is InChI=1S/C36H35Cl4N3O4S/c1-24-17-19-27(20-18-24)48(46,47)43(32-16-8-15-31(39)35(32)40)23-34(44)42(22-28-29(37)13-7-14-30(28)38)33(21-25-9-3-2-4-10-25)36(45)41-26-11-5-6-12-26/h2-4,7-10,13-20,26,33H,5-6,11-12,21-23H2,1H3,(H,41,45). The molecule has 1 unspecified atom stereocenters. The summed E-state index contributed by atoms with van der Waals surface area (Å²) in [6.45, 7) is 0.988. The Morgan fingerprint density at radius 3 is 2.06 bits per heavy atom. The molecule has 0 aliphatic heterocycles. The molecule has 1 N–H and O–H groups in total. The van der Waals surface area contributed by atoms with Gasteiger partial charge in [-0.2, -0.15) is 0 Å². The summed E-state index contributed by atoms with van der Waals surface area (Å²) in [7, 11) is -4.36. The number of carbonyl (C=O) groups is 2. The Bertz CT molecular complexity index is 1850. The van der Waals surface area contributed by atoms with Crippen molar-refractivity contribution in [3.05, 3.63) is 128 Å². The lowest BCUT2D eigenvalue weighted by Crippen LogP contribution is -2.54. The van der Waals surface area contributed by atoms with Gasteiger partial charge in [0.2, 0.25) is 11.8 Å². The van der Waals surface area contributed by atoms with Gasteiger partial charge in [-0.1, -0.05) is 119 Å². The SMILES string of the molecule is Cc1ccc(S(=O)(=O)N(CC(=O)N(Cc2c(Cl)cccc2Cl)C(Cc2ccccc2)C(=O)NC2CCCC2)c2cccc(Cl)c2Cl)cc1. The van der Waals surface area contributed by atoms with E-state index in [0.717, 1.165) is 41.1 Å². The van der Waals surface area contributed by atoms with Crippen molar-refractivity contribution in [1.82, 2.24) is 10.2 Å². The summed E-state index contributed by atoms with van der Waals surface area (Å²) < 4.78 is 29.5. The number of hydrogen-bond acceptors (Lipinski definition) is 4. The van der Waals surface area contributed by atoms with Crippen molar-refractivity contribution in [2.45, 2.75) is 62.6 Å². The monoisotopic (exact) mass is 745 g/mol. The molecule has 4 aromatic rings. The molecule has 0 radical (unpaired) electrons. The minimum absolute atomic E-state index is 0.0174. The predicted octanol–water partition coefficient (Wildman–Crippen LogP) is 8.50. The minimum Gasteiger partial charge on any atom is -0.352 e. The quantitative estimate of drug-likeness (QED) is 0.158. The van der Waals surface area contributed by atoms with E-state index >= 15 is 0 Å². The Morgan fingerprint density at radius 1 is 0.812 bits per heavy atom. The van der Waals surface area contributed by atoms with Gasteiger partial charge in [-0.25, -0.2) is 8.42 Å². The van der Waals surface area contributed by atoms with Crippen LogP contribution in [0.15, 0.2) is 95.9 Å². The highest BCUT2D eigenvalue weighted by Gasteiger charge is 2.36. The number of sulfonamides is 1. The average molecular weight is 748 g/mol. The van der Waals surface area contributed by atoms with Crippen molar-refractivity contribution >= 4 is 73.9 Å². The summed E-state index contributed by atoms with van der Waals surface area (Å²) in [5.74, 6) is -1.02. The summed E-state index contributed by atoms with van der Waals surface area (Å²) in [5.41, 5.74) is 2.12. The molecule has 1 fully saturated rings. The van der Waals surface area contributed by atoms with Gasteiger partial charge in [-0.05, 0) is 61.7 Å². The van der Waals surface area contributed by atoms with Gasteiger partial charge in [0, 0.05) is 34.6 Å². The van der Waals surface area contributed by atoms with E-state index in [4.69, 9.17) is 46.4 Å². The number of nitrogens with one attached hydrogen (secondary N) is 1. The molecule has 5 rings (SSSR count). The molecule has 0 aromatic heterocycles. The van der Waals surface area contributed by atoms with Crippen molar-refractivity contribution in [1.29, 1.82) is 0 Å².